The van der Waals surface area contributed by atoms with Gasteiger partial charge in [-0.2, -0.15) is 26.3 Å². The third-order valence-corrected chi connectivity index (χ3v) is 7.87. The normalized spacial score (nSPS) is 22.9. The Morgan fingerprint density at radius 2 is 1.62 bits per heavy atom. The van der Waals surface area contributed by atoms with Crippen LogP contribution in [0.3, 0.4) is 0 Å². The summed E-state index contributed by atoms with van der Waals surface area (Å²) in [6.07, 6.45) is -9.75. The molecule has 3 atom stereocenters. The maximum atomic E-state index is 14.3. The predicted molar refractivity (Wildman–Crippen MR) is 128 cm³/mol. The van der Waals surface area contributed by atoms with Crippen molar-refractivity contribution in [2.24, 2.45) is 11.3 Å². The fourth-order valence-corrected chi connectivity index (χ4v) is 6.06. The molecule has 0 bridgehead atoms. The lowest BCUT2D eigenvalue weighted by molar-refractivity contribution is -0.144. The summed E-state index contributed by atoms with van der Waals surface area (Å²) in [5, 5.41) is 10.4. The molecule has 2 aliphatic rings. The minimum Gasteiger partial charge on any atom is -0.481 e. The Balaban J connectivity index is 1.63. The summed E-state index contributed by atoms with van der Waals surface area (Å²) in [5.74, 6) is -5.84. The number of carbonyl (C=O) groups is 2. The maximum absolute atomic E-state index is 14.3. The zero-order valence-electron chi connectivity index (χ0n) is 20.6. The number of ketones is 1. The molecular weight excluding hydrogens is 545 g/mol. The van der Waals surface area contributed by atoms with Gasteiger partial charge in [0.05, 0.1) is 23.7 Å². The first-order valence-electron chi connectivity index (χ1n) is 12.2. The van der Waals surface area contributed by atoms with Gasteiger partial charge in [0.15, 0.2) is 5.78 Å². The molecule has 3 unspecified atom stereocenters. The molecule has 1 heterocycles. The van der Waals surface area contributed by atoms with Gasteiger partial charge in [0.1, 0.15) is 5.82 Å². The molecule has 1 aliphatic heterocycles. The van der Waals surface area contributed by atoms with Crippen molar-refractivity contribution in [3.8, 4) is 11.1 Å². The summed E-state index contributed by atoms with van der Waals surface area (Å²) in [6, 6.07) is 11.0. The van der Waals surface area contributed by atoms with E-state index in [4.69, 9.17) is 4.74 Å². The number of alkyl halides is 6. The van der Waals surface area contributed by atoms with Crippen LogP contribution in [0.5, 0.6) is 0 Å². The summed E-state index contributed by atoms with van der Waals surface area (Å²) in [4.78, 5) is 26.6. The number of carboxylic acid groups (broad SMARTS) is 1. The molecule has 0 saturated carbocycles. The van der Waals surface area contributed by atoms with Crippen molar-refractivity contribution in [3.05, 3.63) is 94.3 Å². The van der Waals surface area contributed by atoms with Gasteiger partial charge < -0.3 is 9.84 Å². The van der Waals surface area contributed by atoms with E-state index in [1.54, 1.807) is 0 Å². The first-order valence-corrected chi connectivity index (χ1v) is 12.2. The van der Waals surface area contributed by atoms with Gasteiger partial charge in [0.2, 0.25) is 0 Å². The van der Waals surface area contributed by atoms with Crippen LogP contribution in [0.15, 0.2) is 60.7 Å². The topological polar surface area (TPSA) is 63.6 Å². The largest absolute Gasteiger partial charge is 0.481 e. The van der Waals surface area contributed by atoms with E-state index in [-0.39, 0.29) is 53.9 Å². The molecule has 1 N–H and O–H groups in total. The second-order valence-electron chi connectivity index (χ2n) is 10.1. The number of halogens is 7. The van der Waals surface area contributed by atoms with E-state index >= 15 is 0 Å². The third-order valence-electron chi connectivity index (χ3n) is 7.87. The summed E-state index contributed by atoms with van der Waals surface area (Å²) in [6.45, 7) is -0.0762. The highest BCUT2D eigenvalue weighted by molar-refractivity contribution is 6.04. The van der Waals surface area contributed by atoms with Crippen LogP contribution in [0, 0.1) is 17.2 Å². The first kappa shape index (κ1) is 27.8. The maximum Gasteiger partial charge on any atom is 0.419 e. The van der Waals surface area contributed by atoms with Crippen LogP contribution in [0.4, 0.5) is 30.7 Å². The van der Waals surface area contributed by atoms with Crippen LogP contribution in [0.2, 0.25) is 0 Å². The highest BCUT2D eigenvalue weighted by Crippen LogP contribution is 2.55. The van der Waals surface area contributed by atoms with E-state index in [0.29, 0.717) is 12.1 Å². The average molecular weight is 566 g/mol. The Morgan fingerprint density at radius 1 is 0.925 bits per heavy atom. The summed E-state index contributed by atoms with van der Waals surface area (Å²) in [5.41, 5.74) is -3.77. The number of aliphatic carboxylic acids is 1. The predicted octanol–water partition coefficient (Wildman–Crippen LogP) is 7.16. The summed E-state index contributed by atoms with van der Waals surface area (Å²) >= 11 is 0. The van der Waals surface area contributed by atoms with Gasteiger partial charge in [-0.05, 0) is 59.4 Å². The third kappa shape index (κ3) is 4.66. The molecule has 3 aromatic rings. The van der Waals surface area contributed by atoms with E-state index in [0.717, 1.165) is 12.1 Å². The molecule has 11 heteroatoms. The smallest absolute Gasteiger partial charge is 0.419 e. The minimum atomic E-state index is -4.92. The number of benzene rings is 3. The molecule has 3 aromatic carbocycles. The van der Waals surface area contributed by atoms with Gasteiger partial charge in [0.25, 0.3) is 0 Å². The number of carboxylic acids is 1. The molecule has 1 fully saturated rings. The van der Waals surface area contributed by atoms with Crippen LogP contribution >= 0.6 is 0 Å². The van der Waals surface area contributed by atoms with Crippen LogP contribution in [0.1, 0.15) is 45.0 Å². The highest BCUT2D eigenvalue weighted by Gasteiger charge is 2.58. The average Bonchev–Trinajstić information content (AvgIpc) is 3.34. The Labute approximate surface area is 223 Å². The van der Waals surface area contributed by atoms with E-state index in [9.17, 15) is 45.4 Å². The number of hydrogen-bond acceptors (Lipinski definition) is 3. The van der Waals surface area contributed by atoms with Gasteiger partial charge in [-0.1, -0.05) is 36.4 Å². The lowest BCUT2D eigenvalue weighted by Gasteiger charge is -2.44. The minimum absolute atomic E-state index is 0.0180. The van der Waals surface area contributed by atoms with Crippen LogP contribution in [-0.2, 0) is 28.3 Å². The van der Waals surface area contributed by atoms with Crippen LogP contribution in [0.25, 0.3) is 11.1 Å². The Morgan fingerprint density at radius 3 is 2.23 bits per heavy atom. The van der Waals surface area contributed by atoms with Crippen molar-refractivity contribution >= 4 is 11.8 Å². The molecule has 5 rings (SSSR count). The zero-order valence-corrected chi connectivity index (χ0v) is 20.6. The molecule has 4 nitrogen and oxygen atoms in total. The first-order chi connectivity index (χ1) is 18.7. The van der Waals surface area contributed by atoms with Crippen molar-refractivity contribution in [3.63, 3.8) is 0 Å². The van der Waals surface area contributed by atoms with Gasteiger partial charge in [-0.15, -0.1) is 0 Å². The van der Waals surface area contributed by atoms with Gasteiger partial charge in [0, 0.05) is 23.5 Å². The molecule has 0 amide bonds. The van der Waals surface area contributed by atoms with Crippen molar-refractivity contribution in [2.45, 2.75) is 31.1 Å². The summed E-state index contributed by atoms with van der Waals surface area (Å²) < 4.78 is 100. The molecule has 1 spiro atoms. The monoisotopic (exact) mass is 566 g/mol. The molecule has 40 heavy (non-hydrogen) atoms. The van der Waals surface area contributed by atoms with Crippen LogP contribution in [-0.4, -0.2) is 30.1 Å². The molecule has 1 saturated heterocycles. The van der Waals surface area contributed by atoms with Crippen molar-refractivity contribution in [1.29, 1.82) is 0 Å². The fourth-order valence-electron chi connectivity index (χ4n) is 6.06. The lowest BCUT2D eigenvalue weighted by atomic mass is 9.56. The van der Waals surface area contributed by atoms with Gasteiger partial charge in [-0.3, -0.25) is 9.59 Å². The summed E-state index contributed by atoms with van der Waals surface area (Å²) in [7, 11) is 0. The standard InChI is InChI=1S/C29H21F7O4/c30-23-12-15(5-8-21(23)29(34,35)36)11-22-25(37)18-7-6-16(17-3-1-2-4-20(17)28(31,32)33)13-19(18)24(26(38)39)27(22)9-10-40-14-27/h1-8,12-13,22,24H,9-11,14H2,(H,38,39). The van der Waals surface area contributed by atoms with Crippen molar-refractivity contribution in [2.75, 3.05) is 13.2 Å². The molecule has 210 valence electrons. The van der Waals surface area contributed by atoms with E-state index in [2.05, 4.69) is 0 Å². The van der Waals surface area contributed by atoms with Gasteiger partial charge in [-0.25, -0.2) is 4.39 Å². The quantitative estimate of drug-likeness (QED) is 0.341. The van der Waals surface area contributed by atoms with E-state index < -0.39 is 58.3 Å². The second-order valence-corrected chi connectivity index (χ2v) is 10.1. The molecule has 0 radical (unpaired) electrons. The molecule has 1 aliphatic carbocycles. The number of carbonyl (C=O) groups excluding carboxylic acids is 1. The number of hydrogen-bond donors (Lipinski definition) is 1. The van der Waals surface area contributed by atoms with E-state index in [1.807, 2.05) is 0 Å². The lowest BCUT2D eigenvalue weighted by Crippen LogP contribution is -2.49. The fraction of sp³-hybridized carbons (Fsp3) is 0.310. The van der Waals surface area contributed by atoms with Gasteiger partial charge >= 0.3 is 18.3 Å². The number of Topliss-reactive ketones (excluding diaryl/α,β-unsaturated/α-hetero) is 1. The number of fused-ring (bicyclic) bond motifs is 1. The van der Waals surface area contributed by atoms with Crippen LogP contribution < -0.4 is 0 Å². The molecule has 0 aromatic heterocycles. The molecular formula is C29H21F7O4. The Hall–Kier alpha value is -3.73. The zero-order chi connectivity index (χ0) is 29.0. The number of rotatable bonds is 4. The van der Waals surface area contributed by atoms with Crippen molar-refractivity contribution < 1.29 is 50.2 Å². The van der Waals surface area contributed by atoms with Crippen molar-refractivity contribution in [1.82, 2.24) is 0 Å². The Bertz CT molecular complexity index is 1490. The number of ether oxygens (including phenoxy) is 1. The highest BCUT2D eigenvalue weighted by atomic mass is 19.4. The SMILES string of the molecule is O=C1c2ccc(-c3ccccc3C(F)(F)F)cc2C(C(=O)O)C2(CCOC2)C1Cc1ccc(C(F)(F)F)c(F)c1. The van der Waals surface area contributed by atoms with E-state index in [1.165, 1.54) is 36.4 Å². The Kier molecular flexibility index (Phi) is 6.76. The second kappa shape index (κ2) is 9.72.